The van der Waals surface area contributed by atoms with Crippen molar-refractivity contribution < 1.29 is 9.90 Å². The number of Topliss-reactive ketones (excluding diaryl/α,β-unsaturated/α-hetero) is 1. The van der Waals surface area contributed by atoms with E-state index in [1.807, 2.05) is 6.07 Å². The zero-order valence-electron chi connectivity index (χ0n) is 9.11. The summed E-state index contributed by atoms with van der Waals surface area (Å²) in [6, 6.07) is 5.40. The molecular formula is C12H14ClNO2. The Labute approximate surface area is 99.6 Å². The molecule has 16 heavy (non-hydrogen) atoms. The van der Waals surface area contributed by atoms with E-state index in [0.717, 1.165) is 18.7 Å². The lowest BCUT2D eigenvalue weighted by molar-refractivity contribution is 0.101. The number of carbonyl (C=O) groups is 1. The number of anilines is 1. The fourth-order valence-corrected chi connectivity index (χ4v) is 2.27. The van der Waals surface area contributed by atoms with Gasteiger partial charge in [0.15, 0.2) is 5.78 Å². The highest BCUT2D eigenvalue weighted by Crippen LogP contribution is 2.26. The van der Waals surface area contributed by atoms with Gasteiger partial charge >= 0.3 is 0 Å². The van der Waals surface area contributed by atoms with Crippen LogP contribution in [-0.2, 0) is 0 Å². The van der Waals surface area contributed by atoms with Crippen molar-refractivity contribution in [3.05, 3.63) is 28.8 Å². The standard InChI is InChI=1S/C12H14ClNO2/c1-8(15)11-3-2-9(6-12(11)13)14-5-4-10(16)7-14/h2-3,6,10,16H,4-5,7H2,1H3. The first-order valence-corrected chi connectivity index (χ1v) is 5.69. The normalized spacial score (nSPS) is 20.2. The Bertz CT molecular complexity index is 419. The number of ketones is 1. The summed E-state index contributed by atoms with van der Waals surface area (Å²) in [5.41, 5.74) is 1.51. The monoisotopic (exact) mass is 239 g/mol. The second-order valence-electron chi connectivity index (χ2n) is 4.11. The lowest BCUT2D eigenvalue weighted by Crippen LogP contribution is -2.21. The molecule has 1 aliphatic heterocycles. The van der Waals surface area contributed by atoms with Crippen molar-refractivity contribution in [1.29, 1.82) is 0 Å². The molecule has 4 heteroatoms. The topological polar surface area (TPSA) is 40.5 Å². The molecule has 1 unspecified atom stereocenters. The molecule has 86 valence electrons. The van der Waals surface area contributed by atoms with Gasteiger partial charge < -0.3 is 10.0 Å². The zero-order chi connectivity index (χ0) is 11.7. The van der Waals surface area contributed by atoms with Crippen molar-refractivity contribution in [2.45, 2.75) is 19.4 Å². The van der Waals surface area contributed by atoms with Crippen LogP contribution < -0.4 is 4.90 Å². The van der Waals surface area contributed by atoms with Gasteiger partial charge in [0.2, 0.25) is 0 Å². The smallest absolute Gasteiger partial charge is 0.161 e. The number of carbonyl (C=O) groups excluding carboxylic acids is 1. The summed E-state index contributed by atoms with van der Waals surface area (Å²) in [5, 5.41) is 9.92. The van der Waals surface area contributed by atoms with Crippen LogP contribution in [0.3, 0.4) is 0 Å². The number of β-amino-alcohol motifs (C(OH)–C–C–N with tert-alkyl or cyclic N) is 1. The van der Waals surface area contributed by atoms with E-state index < -0.39 is 0 Å². The van der Waals surface area contributed by atoms with Crippen LogP contribution in [-0.4, -0.2) is 30.1 Å². The molecule has 1 saturated heterocycles. The molecule has 1 N–H and O–H groups in total. The molecule has 0 radical (unpaired) electrons. The summed E-state index contributed by atoms with van der Waals surface area (Å²) >= 11 is 6.03. The summed E-state index contributed by atoms with van der Waals surface area (Å²) in [5.74, 6) is -0.0296. The minimum atomic E-state index is -0.258. The Morgan fingerprint density at radius 2 is 2.31 bits per heavy atom. The molecule has 0 aliphatic carbocycles. The maximum absolute atomic E-state index is 11.2. The Kier molecular flexibility index (Phi) is 3.17. The van der Waals surface area contributed by atoms with Crippen molar-refractivity contribution in [3.8, 4) is 0 Å². The number of aliphatic hydroxyl groups excluding tert-OH is 1. The van der Waals surface area contributed by atoms with E-state index in [9.17, 15) is 9.90 Å². The molecule has 3 nitrogen and oxygen atoms in total. The molecule has 0 bridgehead atoms. The maximum Gasteiger partial charge on any atom is 0.161 e. The van der Waals surface area contributed by atoms with Crippen LogP contribution in [0.4, 0.5) is 5.69 Å². The SMILES string of the molecule is CC(=O)c1ccc(N2CCC(O)C2)cc1Cl. The van der Waals surface area contributed by atoms with Gasteiger partial charge in [-0.2, -0.15) is 0 Å². The van der Waals surface area contributed by atoms with Crippen LogP contribution in [0.15, 0.2) is 18.2 Å². The van der Waals surface area contributed by atoms with Gasteiger partial charge in [0.05, 0.1) is 11.1 Å². The molecule has 2 rings (SSSR count). The highest BCUT2D eigenvalue weighted by atomic mass is 35.5. The number of hydrogen-bond acceptors (Lipinski definition) is 3. The summed E-state index contributed by atoms with van der Waals surface area (Å²) in [6.07, 6.45) is 0.526. The fourth-order valence-electron chi connectivity index (χ4n) is 1.96. The Hall–Kier alpha value is -1.06. The van der Waals surface area contributed by atoms with E-state index in [1.165, 1.54) is 6.92 Å². The van der Waals surface area contributed by atoms with Crippen molar-refractivity contribution in [2.75, 3.05) is 18.0 Å². The van der Waals surface area contributed by atoms with Crippen LogP contribution in [0.1, 0.15) is 23.7 Å². The van der Waals surface area contributed by atoms with Crippen molar-refractivity contribution in [1.82, 2.24) is 0 Å². The minimum Gasteiger partial charge on any atom is -0.391 e. The van der Waals surface area contributed by atoms with Crippen molar-refractivity contribution in [3.63, 3.8) is 0 Å². The highest BCUT2D eigenvalue weighted by molar-refractivity contribution is 6.34. The highest BCUT2D eigenvalue weighted by Gasteiger charge is 2.21. The summed E-state index contributed by atoms with van der Waals surface area (Å²) in [7, 11) is 0. The molecule has 1 aromatic carbocycles. The lowest BCUT2D eigenvalue weighted by atomic mass is 10.1. The quantitative estimate of drug-likeness (QED) is 0.804. The molecule has 1 fully saturated rings. The van der Waals surface area contributed by atoms with Crippen molar-refractivity contribution >= 4 is 23.1 Å². The first-order valence-electron chi connectivity index (χ1n) is 5.31. The van der Waals surface area contributed by atoms with Crippen molar-refractivity contribution in [2.24, 2.45) is 0 Å². The minimum absolute atomic E-state index is 0.0296. The van der Waals surface area contributed by atoms with Crippen LogP contribution in [0.5, 0.6) is 0 Å². The molecule has 0 amide bonds. The van der Waals surface area contributed by atoms with Gasteiger partial charge in [0, 0.05) is 24.3 Å². The maximum atomic E-state index is 11.2. The number of nitrogens with zero attached hydrogens (tertiary/aromatic N) is 1. The first-order chi connectivity index (χ1) is 7.58. The second kappa shape index (κ2) is 4.44. The number of benzene rings is 1. The van der Waals surface area contributed by atoms with E-state index in [2.05, 4.69) is 4.90 Å². The molecule has 0 aromatic heterocycles. The average Bonchev–Trinajstić information content (AvgIpc) is 2.64. The third-order valence-corrected chi connectivity index (χ3v) is 3.17. The Morgan fingerprint density at radius 3 is 2.81 bits per heavy atom. The summed E-state index contributed by atoms with van der Waals surface area (Å²) in [6.45, 7) is 2.97. The van der Waals surface area contributed by atoms with Gasteiger partial charge in [-0.1, -0.05) is 11.6 Å². The predicted molar refractivity (Wildman–Crippen MR) is 64.3 cm³/mol. The van der Waals surface area contributed by atoms with Gasteiger partial charge in [-0.3, -0.25) is 4.79 Å². The van der Waals surface area contributed by atoms with E-state index in [-0.39, 0.29) is 11.9 Å². The average molecular weight is 240 g/mol. The Morgan fingerprint density at radius 1 is 1.56 bits per heavy atom. The van der Waals surface area contributed by atoms with Gasteiger partial charge in [-0.15, -0.1) is 0 Å². The summed E-state index contributed by atoms with van der Waals surface area (Å²) < 4.78 is 0. The Balaban J connectivity index is 2.24. The van der Waals surface area contributed by atoms with Crippen LogP contribution >= 0.6 is 11.6 Å². The van der Waals surface area contributed by atoms with E-state index in [1.54, 1.807) is 12.1 Å². The van der Waals surface area contributed by atoms with Crippen LogP contribution in [0, 0.1) is 0 Å². The molecule has 1 atom stereocenters. The summed E-state index contributed by atoms with van der Waals surface area (Å²) in [4.78, 5) is 13.3. The molecule has 0 saturated carbocycles. The van der Waals surface area contributed by atoms with Gasteiger partial charge in [0.1, 0.15) is 0 Å². The number of aliphatic hydroxyl groups is 1. The van der Waals surface area contributed by atoms with Gasteiger partial charge in [0.25, 0.3) is 0 Å². The number of halogens is 1. The first kappa shape index (κ1) is 11.4. The molecule has 1 aromatic rings. The van der Waals surface area contributed by atoms with Gasteiger partial charge in [-0.05, 0) is 31.5 Å². The fraction of sp³-hybridized carbons (Fsp3) is 0.417. The van der Waals surface area contributed by atoms with Crippen LogP contribution in [0.25, 0.3) is 0 Å². The number of hydrogen-bond donors (Lipinski definition) is 1. The predicted octanol–water partition coefficient (Wildman–Crippen LogP) is 2.11. The van der Waals surface area contributed by atoms with E-state index >= 15 is 0 Å². The molecular weight excluding hydrogens is 226 g/mol. The molecule has 1 heterocycles. The number of rotatable bonds is 2. The van der Waals surface area contributed by atoms with Crippen LogP contribution in [0.2, 0.25) is 5.02 Å². The molecule has 1 aliphatic rings. The third-order valence-electron chi connectivity index (χ3n) is 2.86. The largest absolute Gasteiger partial charge is 0.391 e. The molecule has 0 spiro atoms. The van der Waals surface area contributed by atoms with Gasteiger partial charge in [-0.25, -0.2) is 0 Å². The zero-order valence-corrected chi connectivity index (χ0v) is 9.87. The third kappa shape index (κ3) is 2.20. The van der Waals surface area contributed by atoms with E-state index in [4.69, 9.17) is 11.6 Å². The lowest BCUT2D eigenvalue weighted by Gasteiger charge is -2.18. The van der Waals surface area contributed by atoms with E-state index in [0.29, 0.717) is 17.1 Å². The second-order valence-corrected chi connectivity index (χ2v) is 4.52.